The van der Waals surface area contributed by atoms with E-state index in [1.54, 1.807) is 0 Å². The van der Waals surface area contributed by atoms with Crippen LogP contribution in [0.4, 0.5) is 0 Å². The second-order valence-corrected chi connectivity index (χ2v) is 7.26. The lowest BCUT2D eigenvalue weighted by molar-refractivity contribution is 0.266. The van der Waals surface area contributed by atoms with Gasteiger partial charge in [-0.1, -0.05) is 13.8 Å². The fourth-order valence-corrected chi connectivity index (χ4v) is 4.17. The van der Waals surface area contributed by atoms with Gasteiger partial charge in [-0.3, -0.25) is 4.90 Å². The number of likely N-dealkylation sites (tertiary alicyclic amines) is 1. The molecule has 0 radical (unpaired) electrons. The van der Waals surface area contributed by atoms with E-state index in [0.717, 1.165) is 18.4 Å². The predicted octanol–water partition coefficient (Wildman–Crippen LogP) is 4.77. The predicted molar refractivity (Wildman–Crippen MR) is 79.5 cm³/mol. The van der Waals surface area contributed by atoms with Crippen molar-refractivity contribution in [3.8, 4) is 0 Å². The molecule has 1 aliphatic heterocycles. The average Bonchev–Trinajstić information content (AvgIpc) is 2.55. The summed E-state index contributed by atoms with van der Waals surface area (Å²) in [7, 11) is 0. The van der Waals surface area contributed by atoms with Crippen molar-refractivity contribution in [2.24, 2.45) is 11.8 Å². The van der Waals surface area contributed by atoms with Crippen LogP contribution >= 0.6 is 27.3 Å². The van der Waals surface area contributed by atoms with Crippen LogP contribution in [-0.4, -0.2) is 18.0 Å². The van der Waals surface area contributed by atoms with Crippen molar-refractivity contribution in [2.45, 2.75) is 39.7 Å². The monoisotopic (exact) mass is 315 g/mol. The largest absolute Gasteiger partial charge is 0.298 e. The highest BCUT2D eigenvalue weighted by atomic mass is 79.9. The standard InChI is InChI=1S/C14H22BrNS/c1-11(2)12-4-3-7-16(8-5-12)10-14-13(15)6-9-17-14/h6,9,11-12H,3-5,7-8,10H2,1-2H3. The Morgan fingerprint density at radius 1 is 1.41 bits per heavy atom. The van der Waals surface area contributed by atoms with Crippen LogP contribution in [-0.2, 0) is 6.54 Å². The van der Waals surface area contributed by atoms with Crippen LogP contribution in [0.3, 0.4) is 0 Å². The molecule has 0 amide bonds. The zero-order valence-corrected chi connectivity index (χ0v) is 13.2. The maximum absolute atomic E-state index is 3.63. The number of nitrogens with zero attached hydrogens (tertiary/aromatic N) is 1. The fourth-order valence-electron chi connectivity index (χ4n) is 2.65. The molecule has 1 unspecified atom stereocenters. The highest BCUT2D eigenvalue weighted by molar-refractivity contribution is 9.10. The summed E-state index contributed by atoms with van der Waals surface area (Å²) in [4.78, 5) is 4.10. The first-order valence-corrected chi connectivity index (χ1v) is 8.28. The summed E-state index contributed by atoms with van der Waals surface area (Å²) < 4.78 is 1.28. The average molecular weight is 316 g/mol. The Labute approximate surface area is 117 Å². The van der Waals surface area contributed by atoms with Crippen LogP contribution in [0, 0.1) is 11.8 Å². The third kappa shape index (κ3) is 3.80. The van der Waals surface area contributed by atoms with Crippen molar-refractivity contribution in [3.63, 3.8) is 0 Å². The molecular formula is C14H22BrNS. The third-order valence-corrected chi connectivity index (χ3v) is 5.78. The summed E-state index contributed by atoms with van der Waals surface area (Å²) in [5.74, 6) is 1.79. The van der Waals surface area contributed by atoms with Gasteiger partial charge in [0.2, 0.25) is 0 Å². The Morgan fingerprint density at radius 3 is 2.88 bits per heavy atom. The molecule has 1 nitrogen and oxygen atoms in total. The minimum atomic E-state index is 0.850. The van der Waals surface area contributed by atoms with Gasteiger partial charge >= 0.3 is 0 Å². The number of thiophene rings is 1. The minimum Gasteiger partial charge on any atom is -0.298 e. The van der Waals surface area contributed by atoms with E-state index < -0.39 is 0 Å². The van der Waals surface area contributed by atoms with Gasteiger partial charge in [0.15, 0.2) is 0 Å². The van der Waals surface area contributed by atoms with Crippen molar-refractivity contribution in [1.29, 1.82) is 0 Å². The Kier molecular flexibility index (Phi) is 5.07. The highest BCUT2D eigenvalue weighted by Crippen LogP contribution is 2.28. The number of halogens is 1. The van der Waals surface area contributed by atoms with Gasteiger partial charge in [-0.15, -0.1) is 11.3 Å². The Balaban J connectivity index is 1.89. The molecule has 3 heteroatoms. The van der Waals surface area contributed by atoms with Crippen molar-refractivity contribution in [2.75, 3.05) is 13.1 Å². The van der Waals surface area contributed by atoms with Crippen LogP contribution in [0.2, 0.25) is 0 Å². The summed E-state index contributed by atoms with van der Waals surface area (Å²) in [5.41, 5.74) is 0. The Hall–Kier alpha value is 0.140. The van der Waals surface area contributed by atoms with Gasteiger partial charge in [0.1, 0.15) is 0 Å². The topological polar surface area (TPSA) is 3.24 Å². The van der Waals surface area contributed by atoms with E-state index in [0.29, 0.717) is 0 Å². The van der Waals surface area contributed by atoms with Gasteiger partial charge in [-0.2, -0.15) is 0 Å². The number of hydrogen-bond acceptors (Lipinski definition) is 2. The van der Waals surface area contributed by atoms with Crippen molar-refractivity contribution >= 4 is 27.3 Å². The molecule has 17 heavy (non-hydrogen) atoms. The van der Waals surface area contributed by atoms with Crippen LogP contribution in [0.15, 0.2) is 15.9 Å². The van der Waals surface area contributed by atoms with Crippen LogP contribution in [0.1, 0.15) is 38.0 Å². The third-order valence-electron chi connectivity index (χ3n) is 3.87. The maximum Gasteiger partial charge on any atom is 0.0339 e. The fraction of sp³-hybridized carbons (Fsp3) is 0.714. The second-order valence-electron chi connectivity index (χ2n) is 5.40. The molecule has 96 valence electrons. The van der Waals surface area contributed by atoms with Gasteiger partial charge in [0.05, 0.1) is 0 Å². The molecule has 1 aromatic heterocycles. The SMILES string of the molecule is CC(C)C1CCCN(Cc2sccc2Br)CC1. The first-order chi connectivity index (χ1) is 8.16. The molecule has 0 spiro atoms. The zero-order valence-electron chi connectivity index (χ0n) is 10.8. The van der Waals surface area contributed by atoms with Crippen LogP contribution in [0.5, 0.6) is 0 Å². The molecule has 0 aliphatic carbocycles. The lowest BCUT2D eigenvalue weighted by atomic mass is 9.89. The summed E-state index contributed by atoms with van der Waals surface area (Å²) in [5, 5.41) is 2.17. The van der Waals surface area contributed by atoms with E-state index in [1.807, 2.05) is 11.3 Å². The minimum absolute atomic E-state index is 0.850. The summed E-state index contributed by atoms with van der Waals surface area (Å²) in [6.45, 7) is 8.41. The molecule has 0 saturated carbocycles. The van der Waals surface area contributed by atoms with E-state index in [-0.39, 0.29) is 0 Å². The molecule has 0 aromatic carbocycles. The Bertz CT molecular complexity index is 348. The van der Waals surface area contributed by atoms with Gasteiger partial charge in [-0.05, 0) is 71.6 Å². The van der Waals surface area contributed by atoms with Gasteiger partial charge in [0, 0.05) is 15.9 Å². The van der Waals surface area contributed by atoms with Crippen molar-refractivity contribution < 1.29 is 0 Å². The van der Waals surface area contributed by atoms with E-state index in [9.17, 15) is 0 Å². The molecule has 0 bridgehead atoms. The van der Waals surface area contributed by atoms with Gasteiger partial charge < -0.3 is 0 Å². The first-order valence-electron chi connectivity index (χ1n) is 6.61. The van der Waals surface area contributed by atoms with Crippen molar-refractivity contribution in [3.05, 3.63) is 20.8 Å². The van der Waals surface area contributed by atoms with E-state index in [2.05, 4.69) is 46.1 Å². The normalized spacial score (nSPS) is 22.9. The van der Waals surface area contributed by atoms with E-state index in [4.69, 9.17) is 0 Å². The molecule has 1 fully saturated rings. The van der Waals surface area contributed by atoms with E-state index >= 15 is 0 Å². The maximum atomic E-state index is 3.63. The second kappa shape index (κ2) is 6.35. The molecule has 1 aromatic rings. The zero-order chi connectivity index (χ0) is 12.3. The smallest absolute Gasteiger partial charge is 0.0339 e. The quantitative estimate of drug-likeness (QED) is 0.776. The molecule has 1 saturated heterocycles. The number of rotatable bonds is 3. The highest BCUT2D eigenvalue weighted by Gasteiger charge is 2.20. The van der Waals surface area contributed by atoms with E-state index in [1.165, 1.54) is 41.7 Å². The Morgan fingerprint density at radius 2 is 2.24 bits per heavy atom. The van der Waals surface area contributed by atoms with Gasteiger partial charge in [-0.25, -0.2) is 0 Å². The lowest BCUT2D eigenvalue weighted by Gasteiger charge is -2.20. The summed E-state index contributed by atoms with van der Waals surface area (Å²) in [6.07, 6.45) is 4.16. The van der Waals surface area contributed by atoms with Crippen LogP contribution < -0.4 is 0 Å². The molecular weight excluding hydrogens is 294 g/mol. The molecule has 0 N–H and O–H groups in total. The first kappa shape index (κ1) is 13.6. The summed E-state index contributed by atoms with van der Waals surface area (Å²) >= 11 is 5.50. The molecule has 2 heterocycles. The van der Waals surface area contributed by atoms with Crippen molar-refractivity contribution in [1.82, 2.24) is 4.90 Å². The van der Waals surface area contributed by atoms with Crippen LogP contribution in [0.25, 0.3) is 0 Å². The molecule has 1 atom stereocenters. The lowest BCUT2D eigenvalue weighted by Crippen LogP contribution is -2.24. The number of hydrogen-bond donors (Lipinski definition) is 0. The molecule has 1 aliphatic rings. The molecule has 2 rings (SSSR count). The van der Waals surface area contributed by atoms with Gasteiger partial charge in [0.25, 0.3) is 0 Å². The summed E-state index contributed by atoms with van der Waals surface area (Å²) in [6, 6.07) is 2.16.